The van der Waals surface area contributed by atoms with Crippen LogP contribution in [0, 0.1) is 23.7 Å². The summed E-state index contributed by atoms with van der Waals surface area (Å²) in [6, 6.07) is 11.5. The summed E-state index contributed by atoms with van der Waals surface area (Å²) in [4.78, 5) is 0. The molecule has 0 radical (unpaired) electrons. The van der Waals surface area contributed by atoms with Crippen LogP contribution in [0.1, 0.15) is 57.9 Å². The van der Waals surface area contributed by atoms with Crippen LogP contribution in [0.4, 0.5) is 0 Å². The fourth-order valence-corrected chi connectivity index (χ4v) is 7.77. The lowest BCUT2D eigenvalue weighted by molar-refractivity contribution is 0.129. The van der Waals surface area contributed by atoms with E-state index in [9.17, 15) is 0 Å². The van der Waals surface area contributed by atoms with Crippen LogP contribution in [0.2, 0.25) is 0 Å². The highest BCUT2D eigenvalue weighted by atomic mass is 28.1. The van der Waals surface area contributed by atoms with Crippen molar-refractivity contribution in [2.75, 3.05) is 0 Å². The summed E-state index contributed by atoms with van der Waals surface area (Å²) in [5.74, 6) is 3.14. The van der Waals surface area contributed by atoms with Gasteiger partial charge in [-0.1, -0.05) is 44.2 Å². The minimum atomic E-state index is 0.361. The van der Waals surface area contributed by atoms with Crippen molar-refractivity contribution in [2.45, 2.75) is 81.8 Å². The fourth-order valence-electron chi connectivity index (χ4n) is 6.50. The maximum Gasteiger partial charge on any atom is 0.0844 e. The Balaban J connectivity index is 1.43. The largest absolute Gasteiger partial charge is 0.370 e. The number of fused-ring (bicyclic) bond motifs is 2. The van der Waals surface area contributed by atoms with Crippen LogP contribution in [0.3, 0.4) is 0 Å². The van der Waals surface area contributed by atoms with Gasteiger partial charge in [0.15, 0.2) is 0 Å². The van der Waals surface area contributed by atoms with E-state index in [4.69, 9.17) is 9.47 Å². The summed E-state index contributed by atoms with van der Waals surface area (Å²) in [6.07, 6.45) is 10.3. The van der Waals surface area contributed by atoms with Crippen molar-refractivity contribution >= 4 is 10.2 Å². The van der Waals surface area contributed by atoms with Gasteiger partial charge in [-0.3, -0.25) is 0 Å². The van der Waals surface area contributed by atoms with E-state index in [1.165, 1.54) is 48.8 Å². The molecule has 5 rings (SSSR count). The van der Waals surface area contributed by atoms with Crippen LogP contribution in [-0.4, -0.2) is 34.7 Å². The molecule has 2 aliphatic heterocycles. The second-order valence-corrected chi connectivity index (χ2v) is 11.5. The number of rotatable bonds is 5. The van der Waals surface area contributed by atoms with Gasteiger partial charge in [-0.15, -0.1) is 0 Å². The molecule has 0 aromatic heterocycles. The van der Waals surface area contributed by atoms with Crippen LogP contribution in [0.15, 0.2) is 30.3 Å². The minimum Gasteiger partial charge on any atom is -0.370 e. The normalized spacial score (nSPS) is 42.8. The fraction of sp³-hybridized carbons (Fsp3) is 0.739. The first-order valence-corrected chi connectivity index (χ1v) is 11.9. The summed E-state index contributed by atoms with van der Waals surface area (Å²) < 4.78 is 11.7. The predicted octanol–water partition coefficient (Wildman–Crippen LogP) is 3.65. The number of ether oxygens (including phenoxy) is 2. The zero-order valence-corrected chi connectivity index (χ0v) is 18.6. The van der Waals surface area contributed by atoms with E-state index in [0.29, 0.717) is 29.5 Å². The Labute approximate surface area is 161 Å². The molecular weight excluding hydrogens is 336 g/mol. The van der Waals surface area contributed by atoms with Gasteiger partial charge in [0.2, 0.25) is 0 Å². The molecule has 0 bridgehead atoms. The Kier molecular flexibility index (Phi) is 4.34. The average molecular weight is 371 g/mol. The summed E-state index contributed by atoms with van der Waals surface area (Å²) in [5, 5.41) is 0.361. The lowest BCUT2D eigenvalue weighted by Crippen LogP contribution is -2.48. The highest BCUT2D eigenvalue weighted by molar-refractivity contribution is 6.16. The van der Waals surface area contributed by atoms with Crippen molar-refractivity contribution in [3.8, 4) is 0 Å². The Hall–Kier alpha value is -0.643. The van der Waals surface area contributed by atoms with Gasteiger partial charge >= 0.3 is 0 Å². The molecule has 2 aliphatic carbocycles. The van der Waals surface area contributed by atoms with E-state index in [2.05, 4.69) is 44.2 Å². The van der Waals surface area contributed by atoms with Gasteiger partial charge in [-0.25, -0.2) is 0 Å². The number of benzene rings is 1. The zero-order chi connectivity index (χ0) is 17.9. The molecule has 2 saturated carbocycles. The van der Waals surface area contributed by atoms with Gasteiger partial charge in [0.25, 0.3) is 0 Å². The van der Waals surface area contributed by atoms with Gasteiger partial charge in [0, 0.05) is 10.2 Å². The maximum atomic E-state index is 5.87. The SMILES string of the molecule is CC(C1CCC2OC2C1)C([SiH3])(c1ccccc1)C(C)C1CCC2OC2C1. The van der Waals surface area contributed by atoms with Gasteiger partial charge in [-0.05, 0) is 72.8 Å². The number of hydrogen-bond acceptors (Lipinski definition) is 2. The third kappa shape index (κ3) is 2.91. The highest BCUT2D eigenvalue weighted by Crippen LogP contribution is 2.53. The Morgan fingerprint density at radius 2 is 1.31 bits per heavy atom. The smallest absolute Gasteiger partial charge is 0.0844 e. The summed E-state index contributed by atoms with van der Waals surface area (Å²) in [6.45, 7) is 5.15. The molecule has 26 heavy (non-hydrogen) atoms. The Morgan fingerprint density at radius 3 is 1.77 bits per heavy atom. The molecule has 2 nitrogen and oxygen atoms in total. The van der Waals surface area contributed by atoms with Gasteiger partial charge in [0.1, 0.15) is 0 Å². The second-order valence-electron chi connectivity index (χ2n) is 9.80. The molecular formula is C23H34O2Si. The van der Waals surface area contributed by atoms with Crippen LogP contribution in [-0.2, 0) is 14.5 Å². The van der Waals surface area contributed by atoms with Crippen molar-refractivity contribution in [2.24, 2.45) is 23.7 Å². The molecule has 2 saturated heterocycles. The van der Waals surface area contributed by atoms with Crippen molar-refractivity contribution in [1.29, 1.82) is 0 Å². The van der Waals surface area contributed by atoms with Crippen LogP contribution < -0.4 is 0 Å². The molecule has 8 atom stereocenters. The molecule has 8 unspecified atom stereocenters. The first kappa shape index (κ1) is 17.5. The van der Waals surface area contributed by atoms with E-state index in [1.54, 1.807) is 5.56 Å². The lowest BCUT2D eigenvalue weighted by Gasteiger charge is -2.49. The molecule has 0 amide bonds. The Morgan fingerprint density at radius 1 is 0.808 bits per heavy atom. The molecule has 142 valence electrons. The maximum absolute atomic E-state index is 5.87. The van der Waals surface area contributed by atoms with Crippen molar-refractivity contribution in [3.05, 3.63) is 35.9 Å². The highest BCUT2D eigenvalue weighted by Gasteiger charge is 2.52. The summed E-state index contributed by atoms with van der Waals surface area (Å²) in [5.41, 5.74) is 1.60. The Bertz CT molecular complexity index is 613. The van der Waals surface area contributed by atoms with Crippen LogP contribution in [0.25, 0.3) is 0 Å². The van der Waals surface area contributed by atoms with E-state index in [1.807, 2.05) is 0 Å². The van der Waals surface area contributed by atoms with Crippen molar-refractivity contribution in [3.63, 3.8) is 0 Å². The van der Waals surface area contributed by atoms with Gasteiger partial charge in [0.05, 0.1) is 24.4 Å². The standard InChI is InChI=1S/C23H34O2Si/c1-14(16-8-10-19-21(12-16)24-19)23(26,18-6-4-3-5-7-18)15(2)17-9-11-20-22(13-17)25-20/h3-7,14-17,19-22H,8-13H2,1-2,26H3. The van der Waals surface area contributed by atoms with E-state index < -0.39 is 0 Å². The number of epoxide rings is 2. The molecule has 1 aromatic carbocycles. The van der Waals surface area contributed by atoms with E-state index >= 15 is 0 Å². The first-order chi connectivity index (χ1) is 12.6. The van der Waals surface area contributed by atoms with Crippen molar-refractivity contribution < 1.29 is 9.47 Å². The molecule has 2 heterocycles. The predicted molar refractivity (Wildman–Crippen MR) is 108 cm³/mol. The lowest BCUT2D eigenvalue weighted by atomic mass is 9.63. The third-order valence-corrected chi connectivity index (χ3v) is 11.2. The van der Waals surface area contributed by atoms with E-state index in [0.717, 1.165) is 23.7 Å². The molecule has 0 spiro atoms. The summed E-state index contributed by atoms with van der Waals surface area (Å²) >= 11 is 0. The number of hydrogen-bond donors (Lipinski definition) is 0. The van der Waals surface area contributed by atoms with Gasteiger partial charge in [-0.2, -0.15) is 0 Å². The van der Waals surface area contributed by atoms with E-state index in [-0.39, 0.29) is 0 Å². The zero-order valence-electron chi connectivity index (χ0n) is 16.6. The summed E-state index contributed by atoms with van der Waals surface area (Å²) in [7, 11) is 1.22. The molecule has 0 N–H and O–H groups in total. The van der Waals surface area contributed by atoms with Crippen LogP contribution >= 0.6 is 0 Å². The molecule has 1 aromatic rings. The van der Waals surface area contributed by atoms with Gasteiger partial charge < -0.3 is 9.47 Å². The second kappa shape index (κ2) is 6.46. The molecule has 4 fully saturated rings. The average Bonchev–Trinajstić information content (AvgIpc) is 3.59. The van der Waals surface area contributed by atoms with Crippen LogP contribution in [0.5, 0.6) is 0 Å². The quantitative estimate of drug-likeness (QED) is 0.584. The molecule has 3 heteroatoms. The minimum absolute atomic E-state index is 0.361. The third-order valence-electron chi connectivity index (χ3n) is 8.79. The van der Waals surface area contributed by atoms with Crippen molar-refractivity contribution in [1.82, 2.24) is 0 Å². The topological polar surface area (TPSA) is 25.1 Å². The first-order valence-electron chi connectivity index (χ1n) is 10.9. The molecule has 4 aliphatic rings. The monoisotopic (exact) mass is 370 g/mol.